The fraction of sp³-hybridized carbons (Fsp3) is 0.300. The Morgan fingerprint density at radius 3 is 2.06 bits per heavy atom. The minimum Gasteiger partial charge on any atom is -0.280 e. The number of nitrogens with zero attached hydrogens (tertiary/aromatic N) is 1. The number of nitro benzene ring substituents is 1. The second kappa shape index (κ2) is 4.12. The van der Waals surface area contributed by atoms with E-state index in [0.29, 0.717) is 18.4 Å². The lowest BCUT2D eigenvalue weighted by atomic mass is 9.97. The highest BCUT2D eigenvalue weighted by Crippen LogP contribution is 2.54. The number of hydrogen-bond donors (Lipinski definition) is 0. The van der Waals surface area contributed by atoms with Gasteiger partial charge in [-0.1, -0.05) is 23.2 Å². The molecule has 17 heavy (non-hydrogen) atoms. The summed E-state index contributed by atoms with van der Waals surface area (Å²) >= 11 is 17.4. The molecule has 0 bridgehead atoms. The number of rotatable bonds is 3. The molecule has 90 valence electrons. The van der Waals surface area contributed by atoms with E-state index in [0.717, 1.165) is 0 Å². The van der Waals surface area contributed by atoms with Crippen molar-refractivity contribution in [2.45, 2.75) is 18.3 Å². The van der Waals surface area contributed by atoms with Gasteiger partial charge in [-0.3, -0.25) is 14.9 Å². The van der Waals surface area contributed by atoms with Gasteiger partial charge in [0.05, 0.1) is 20.4 Å². The van der Waals surface area contributed by atoms with Gasteiger partial charge in [0.15, 0.2) is 0 Å². The number of nitro groups is 1. The molecule has 0 saturated heterocycles. The molecule has 1 aliphatic rings. The first-order valence-corrected chi connectivity index (χ1v) is 5.86. The number of hydrogen-bond acceptors (Lipinski definition) is 3. The molecule has 4 nitrogen and oxygen atoms in total. The highest BCUT2D eigenvalue weighted by Gasteiger charge is 2.53. The van der Waals surface area contributed by atoms with Crippen molar-refractivity contribution in [3.8, 4) is 0 Å². The zero-order chi connectivity index (χ0) is 12.8. The third-order valence-electron chi connectivity index (χ3n) is 2.84. The van der Waals surface area contributed by atoms with E-state index in [9.17, 15) is 14.9 Å². The molecule has 0 atom stereocenters. The van der Waals surface area contributed by atoms with Crippen LogP contribution in [0.15, 0.2) is 12.1 Å². The first-order valence-electron chi connectivity index (χ1n) is 4.72. The van der Waals surface area contributed by atoms with Crippen LogP contribution in [-0.2, 0) is 10.2 Å². The molecule has 0 heterocycles. The SMILES string of the molecule is O=C(Cl)C1(c2c(Cl)cc([N+](=O)[O-])cc2Cl)CC1. The van der Waals surface area contributed by atoms with Crippen molar-refractivity contribution in [1.82, 2.24) is 0 Å². The van der Waals surface area contributed by atoms with Gasteiger partial charge in [0, 0.05) is 17.7 Å². The normalized spacial score (nSPS) is 16.6. The van der Waals surface area contributed by atoms with Crippen molar-refractivity contribution in [3.63, 3.8) is 0 Å². The summed E-state index contributed by atoms with van der Waals surface area (Å²) in [5.74, 6) is 0. The Balaban J connectivity index is 2.57. The van der Waals surface area contributed by atoms with Crippen LogP contribution in [0.4, 0.5) is 5.69 Å². The molecular formula is C10H6Cl3NO3. The molecule has 0 spiro atoms. The minimum atomic E-state index is -0.856. The number of carbonyl (C=O) groups is 1. The van der Waals surface area contributed by atoms with Crippen LogP contribution in [0.2, 0.25) is 10.0 Å². The third-order valence-corrected chi connectivity index (χ3v) is 3.80. The van der Waals surface area contributed by atoms with Crippen molar-refractivity contribution in [1.29, 1.82) is 0 Å². The molecule has 1 fully saturated rings. The summed E-state index contributed by atoms with van der Waals surface area (Å²) in [5.41, 5.74) is -0.668. The summed E-state index contributed by atoms with van der Waals surface area (Å²) in [4.78, 5) is 21.4. The zero-order valence-corrected chi connectivity index (χ0v) is 10.6. The Bertz CT molecular complexity index is 503. The first-order chi connectivity index (χ1) is 7.88. The minimum absolute atomic E-state index is 0.107. The number of halogens is 3. The topological polar surface area (TPSA) is 60.2 Å². The lowest BCUT2D eigenvalue weighted by Crippen LogP contribution is -2.16. The van der Waals surface area contributed by atoms with Crippen molar-refractivity contribution in [2.75, 3.05) is 0 Å². The van der Waals surface area contributed by atoms with Gasteiger partial charge in [0.1, 0.15) is 0 Å². The molecule has 1 aromatic carbocycles. The standard InChI is InChI=1S/C10H6Cl3NO3/c11-6-3-5(14(16)17)4-7(12)8(6)10(1-2-10)9(13)15/h3-4H,1-2H2. The van der Waals surface area contributed by atoms with Gasteiger partial charge >= 0.3 is 0 Å². The van der Waals surface area contributed by atoms with Gasteiger partial charge in [-0.05, 0) is 24.4 Å². The van der Waals surface area contributed by atoms with Crippen LogP contribution in [0.3, 0.4) is 0 Å². The monoisotopic (exact) mass is 293 g/mol. The average molecular weight is 295 g/mol. The summed E-state index contributed by atoms with van der Waals surface area (Å²) in [5, 5.41) is 10.3. The molecule has 0 aromatic heterocycles. The van der Waals surface area contributed by atoms with E-state index in [4.69, 9.17) is 34.8 Å². The van der Waals surface area contributed by atoms with Gasteiger partial charge < -0.3 is 0 Å². The highest BCUT2D eigenvalue weighted by molar-refractivity contribution is 6.66. The number of non-ortho nitro benzene ring substituents is 1. The largest absolute Gasteiger partial charge is 0.280 e. The van der Waals surface area contributed by atoms with Gasteiger partial charge in [-0.2, -0.15) is 0 Å². The average Bonchev–Trinajstić information content (AvgIpc) is 2.97. The van der Waals surface area contributed by atoms with Crippen molar-refractivity contribution in [3.05, 3.63) is 37.9 Å². The maximum atomic E-state index is 11.4. The zero-order valence-electron chi connectivity index (χ0n) is 8.37. The fourth-order valence-corrected chi connectivity index (χ4v) is 2.91. The highest BCUT2D eigenvalue weighted by atomic mass is 35.5. The quantitative estimate of drug-likeness (QED) is 0.485. The molecule has 7 heteroatoms. The van der Waals surface area contributed by atoms with Gasteiger partial charge in [-0.15, -0.1) is 0 Å². The van der Waals surface area contributed by atoms with Gasteiger partial charge in [0.25, 0.3) is 5.69 Å². The lowest BCUT2D eigenvalue weighted by molar-refractivity contribution is -0.384. The van der Waals surface area contributed by atoms with E-state index in [1.165, 1.54) is 12.1 Å². The van der Waals surface area contributed by atoms with E-state index in [1.807, 2.05) is 0 Å². The van der Waals surface area contributed by atoms with E-state index in [1.54, 1.807) is 0 Å². The Labute approximate surface area is 112 Å². The molecule has 0 amide bonds. The summed E-state index contributed by atoms with van der Waals surface area (Å²) < 4.78 is 0. The molecule has 0 N–H and O–H groups in total. The van der Waals surface area contributed by atoms with Crippen LogP contribution in [0.25, 0.3) is 0 Å². The fourth-order valence-electron chi connectivity index (χ4n) is 1.79. The van der Waals surface area contributed by atoms with Crippen LogP contribution in [0.5, 0.6) is 0 Å². The summed E-state index contributed by atoms with van der Waals surface area (Å²) in [6.45, 7) is 0. The van der Waals surface area contributed by atoms with Crippen molar-refractivity contribution < 1.29 is 9.72 Å². The number of benzene rings is 1. The van der Waals surface area contributed by atoms with Crippen LogP contribution >= 0.6 is 34.8 Å². The van der Waals surface area contributed by atoms with E-state index in [2.05, 4.69) is 0 Å². The Hall–Kier alpha value is -0.840. The molecule has 0 unspecified atom stereocenters. The smallest absolute Gasteiger partial charge is 0.272 e. The van der Waals surface area contributed by atoms with Crippen LogP contribution in [-0.4, -0.2) is 10.2 Å². The molecular weight excluding hydrogens is 288 g/mol. The second-order valence-corrected chi connectivity index (χ2v) is 5.06. The predicted octanol–water partition coefficient (Wildman–Crippen LogP) is 3.70. The molecule has 0 aliphatic heterocycles. The van der Waals surface area contributed by atoms with Crippen molar-refractivity contribution >= 4 is 45.7 Å². The van der Waals surface area contributed by atoms with Crippen molar-refractivity contribution in [2.24, 2.45) is 0 Å². The Morgan fingerprint density at radius 1 is 1.29 bits per heavy atom. The Kier molecular flexibility index (Phi) is 3.06. The van der Waals surface area contributed by atoms with Crippen LogP contribution < -0.4 is 0 Å². The molecule has 0 radical (unpaired) electrons. The van der Waals surface area contributed by atoms with Crippen LogP contribution in [0.1, 0.15) is 18.4 Å². The first kappa shape index (κ1) is 12.6. The second-order valence-electron chi connectivity index (χ2n) is 3.90. The third kappa shape index (κ3) is 2.01. The molecule has 1 saturated carbocycles. The summed E-state index contributed by atoms with van der Waals surface area (Å²) in [6.07, 6.45) is 1.12. The van der Waals surface area contributed by atoms with Crippen LogP contribution in [0, 0.1) is 10.1 Å². The Morgan fingerprint density at radius 2 is 1.76 bits per heavy atom. The molecule has 2 rings (SSSR count). The van der Waals surface area contributed by atoms with Gasteiger partial charge in [0.2, 0.25) is 5.24 Å². The van der Waals surface area contributed by atoms with E-state index in [-0.39, 0.29) is 15.7 Å². The summed E-state index contributed by atoms with van der Waals surface area (Å²) in [6, 6.07) is 2.37. The summed E-state index contributed by atoms with van der Waals surface area (Å²) in [7, 11) is 0. The molecule has 1 aliphatic carbocycles. The van der Waals surface area contributed by atoms with Gasteiger partial charge in [-0.25, -0.2) is 0 Å². The predicted molar refractivity (Wildman–Crippen MR) is 64.9 cm³/mol. The molecule has 1 aromatic rings. The number of carbonyl (C=O) groups excluding carboxylic acids is 1. The van der Waals surface area contributed by atoms with E-state index < -0.39 is 15.6 Å². The maximum Gasteiger partial charge on any atom is 0.272 e. The lowest BCUT2D eigenvalue weighted by Gasteiger charge is -2.14. The maximum absolute atomic E-state index is 11.4. The van der Waals surface area contributed by atoms with E-state index >= 15 is 0 Å².